The minimum absolute atomic E-state index is 0.0905. The fourth-order valence-corrected chi connectivity index (χ4v) is 4.35. The second-order valence-electron chi connectivity index (χ2n) is 7.54. The molecular formula is C23H26N2O4S. The number of hydrogen-bond donors (Lipinski definition) is 1. The molecular weight excluding hydrogens is 400 g/mol. The molecule has 0 unspecified atom stereocenters. The van der Waals surface area contributed by atoms with Gasteiger partial charge in [0.25, 0.3) is 0 Å². The first-order valence-corrected chi connectivity index (χ1v) is 11.6. The predicted octanol–water partition coefficient (Wildman–Crippen LogP) is 3.79. The number of aromatic nitrogens is 1. The maximum atomic E-state index is 12.5. The molecule has 0 bridgehead atoms. The molecule has 1 N–H and O–H groups in total. The summed E-state index contributed by atoms with van der Waals surface area (Å²) in [4.78, 5) is 16.5. The van der Waals surface area contributed by atoms with E-state index in [9.17, 15) is 13.2 Å². The average molecular weight is 427 g/mol. The number of carbonyl (C=O) groups excluding carboxylic acids is 1. The number of amides is 1. The number of carbonyl (C=O) groups is 1. The van der Waals surface area contributed by atoms with Gasteiger partial charge in [-0.3, -0.25) is 4.79 Å². The van der Waals surface area contributed by atoms with Crippen molar-refractivity contribution in [2.45, 2.75) is 32.4 Å². The zero-order valence-corrected chi connectivity index (χ0v) is 18.2. The molecule has 0 aliphatic carbocycles. The van der Waals surface area contributed by atoms with Crippen LogP contribution in [0.1, 0.15) is 35.4 Å². The van der Waals surface area contributed by atoms with Gasteiger partial charge in [-0.15, -0.1) is 0 Å². The lowest BCUT2D eigenvalue weighted by Gasteiger charge is -2.13. The molecule has 1 amide bonds. The Kier molecular flexibility index (Phi) is 6.72. The zero-order chi connectivity index (χ0) is 21.7. The van der Waals surface area contributed by atoms with Gasteiger partial charge in [0.1, 0.15) is 11.5 Å². The second kappa shape index (κ2) is 9.26. The van der Waals surface area contributed by atoms with E-state index in [1.807, 2.05) is 68.4 Å². The van der Waals surface area contributed by atoms with Crippen molar-refractivity contribution >= 4 is 15.7 Å². The monoisotopic (exact) mass is 426 g/mol. The van der Waals surface area contributed by atoms with E-state index in [-0.39, 0.29) is 11.7 Å². The van der Waals surface area contributed by atoms with Crippen LogP contribution in [0.2, 0.25) is 0 Å². The molecule has 30 heavy (non-hydrogen) atoms. The van der Waals surface area contributed by atoms with Crippen molar-refractivity contribution in [2.75, 3.05) is 12.3 Å². The molecule has 3 aromatic rings. The number of hydrogen-bond acceptors (Lipinski definition) is 5. The third-order valence-electron chi connectivity index (χ3n) is 4.87. The Morgan fingerprint density at radius 1 is 1.07 bits per heavy atom. The van der Waals surface area contributed by atoms with Crippen molar-refractivity contribution in [2.24, 2.45) is 0 Å². The number of rotatable bonds is 8. The lowest BCUT2D eigenvalue weighted by atomic mass is 10.0. The van der Waals surface area contributed by atoms with Crippen LogP contribution in [-0.4, -0.2) is 31.6 Å². The molecule has 2 aromatic carbocycles. The minimum Gasteiger partial charge on any atom is -0.441 e. The van der Waals surface area contributed by atoms with Gasteiger partial charge in [-0.05, 0) is 37.5 Å². The zero-order valence-electron chi connectivity index (χ0n) is 17.4. The number of nitrogens with zero attached hydrogens (tertiary/aromatic N) is 1. The van der Waals surface area contributed by atoms with Crippen LogP contribution in [0.3, 0.4) is 0 Å². The molecule has 0 aliphatic heterocycles. The Hall–Kier alpha value is -2.93. The third-order valence-corrected chi connectivity index (χ3v) is 6.29. The first kappa shape index (κ1) is 21.8. The van der Waals surface area contributed by atoms with Gasteiger partial charge in [0.15, 0.2) is 9.84 Å². The van der Waals surface area contributed by atoms with Gasteiger partial charge in [0, 0.05) is 12.1 Å². The van der Waals surface area contributed by atoms with E-state index in [2.05, 4.69) is 10.3 Å². The van der Waals surface area contributed by atoms with Gasteiger partial charge in [0.2, 0.25) is 11.8 Å². The summed E-state index contributed by atoms with van der Waals surface area (Å²) < 4.78 is 30.7. The maximum Gasteiger partial charge on any atom is 0.235 e. The second-order valence-corrected chi connectivity index (χ2v) is 9.60. The molecule has 0 aliphatic rings. The highest BCUT2D eigenvalue weighted by atomic mass is 32.2. The lowest BCUT2D eigenvalue weighted by Crippen LogP contribution is -2.33. The minimum atomic E-state index is -3.68. The predicted molar refractivity (Wildman–Crippen MR) is 117 cm³/mol. The van der Waals surface area contributed by atoms with Crippen molar-refractivity contribution in [3.63, 3.8) is 0 Å². The molecule has 158 valence electrons. The largest absolute Gasteiger partial charge is 0.441 e. The summed E-state index contributed by atoms with van der Waals surface area (Å²) in [6, 6.07) is 17.4. The van der Waals surface area contributed by atoms with E-state index in [0.717, 1.165) is 16.7 Å². The number of nitrogens with one attached hydrogen (secondary N) is 1. The first-order chi connectivity index (χ1) is 14.2. The van der Waals surface area contributed by atoms with Crippen molar-refractivity contribution in [3.8, 4) is 11.5 Å². The molecule has 1 atom stereocenters. The number of benzene rings is 2. The average Bonchev–Trinajstić information content (AvgIpc) is 3.06. The van der Waals surface area contributed by atoms with Crippen LogP contribution in [0.15, 0.2) is 59.0 Å². The Balaban J connectivity index is 1.59. The fraction of sp³-hybridized carbons (Fsp3) is 0.304. The quantitative estimate of drug-likeness (QED) is 0.592. The van der Waals surface area contributed by atoms with E-state index >= 15 is 0 Å². The molecule has 0 fully saturated rings. The number of oxazole rings is 1. The Morgan fingerprint density at radius 2 is 1.73 bits per heavy atom. The molecule has 0 saturated carbocycles. The Bertz CT molecular complexity index is 1100. The van der Waals surface area contributed by atoms with Gasteiger partial charge >= 0.3 is 0 Å². The smallest absolute Gasteiger partial charge is 0.235 e. The van der Waals surface area contributed by atoms with E-state index in [1.54, 1.807) is 6.92 Å². The summed E-state index contributed by atoms with van der Waals surface area (Å²) >= 11 is 0. The van der Waals surface area contributed by atoms with Crippen LogP contribution < -0.4 is 5.32 Å². The molecule has 1 heterocycles. The van der Waals surface area contributed by atoms with E-state index in [1.165, 1.54) is 0 Å². The highest BCUT2D eigenvalue weighted by molar-refractivity contribution is 7.91. The molecule has 7 heteroatoms. The third kappa shape index (κ3) is 5.79. The van der Waals surface area contributed by atoms with Crippen LogP contribution >= 0.6 is 0 Å². The van der Waals surface area contributed by atoms with Crippen LogP contribution in [0, 0.1) is 13.8 Å². The highest BCUT2D eigenvalue weighted by Crippen LogP contribution is 2.23. The highest BCUT2D eigenvalue weighted by Gasteiger charge is 2.22. The summed E-state index contributed by atoms with van der Waals surface area (Å²) in [5.41, 5.74) is 3.30. The summed E-state index contributed by atoms with van der Waals surface area (Å²) in [6.07, 6.45) is 0. The van der Waals surface area contributed by atoms with Crippen LogP contribution in [0.25, 0.3) is 11.5 Å². The maximum absolute atomic E-state index is 12.5. The SMILES string of the molecule is Cc1ccc(-c2nc(CS(=O)(=O)CC(=O)NC[C@H](C)c3ccccc3)c(C)o2)cc1. The van der Waals surface area contributed by atoms with Gasteiger partial charge < -0.3 is 9.73 Å². The topological polar surface area (TPSA) is 89.3 Å². The van der Waals surface area contributed by atoms with Crippen LogP contribution in [-0.2, 0) is 20.4 Å². The van der Waals surface area contributed by atoms with Gasteiger partial charge in [0.05, 0.1) is 11.4 Å². The molecule has 1 aromatic heterocycles. The number of sulfone groups is 1. The van der Waals surface area contributed by atoms with E-state index < -0.39 is 21.5 Å². The van der Waals surface area contributed by atoms with Gasteiger partial charge in [-0.2, -0.15) is 0 Å². The summed E-state index contributed by atoms with van der Waals surface area (Å²) in [7, 11) is -3.68. The molecule has 0 radical (unpaired) electrons. The Morgan fingerprint density at radius 3 is 2.40 bits per heavy atom. The fourth-order valence-electron chi connectivity index (χ4n) is 3.06. The van der Waals surface area contributed by atoms with Crippen molar-refractivity contribution in [1.82, 2.24) is 10.3 Å². The van der Waals surface area contributed by atoms with Crippen molar-refractivity contribution < 1.29 is 17.6 Å². The van der Waals surface area contributed by atoms with Crippen molar-refractivity contribution in [1.29, 1.82) is 0 Å². The normalized spacial score (nSPS) is 12.5. The van der Waals surface area contributed by atoms with Gasteiger partial charge in [-0.25, -0.2) is 13.4 Å². The van der Waals surface area contributed by atoms with E-state index in [0.29, 0.717) is 23.9 Å². The Labute approximate surface area is 177 Å². The standard InChI is InChI=1S/C23H26N2O4S/c1-16-9-11-20(12-10-16)23-25-21(18(3)29-23)14-30(27,28)15-22(26)24-13-17(2)19-7-5-4-6-8-19/h4-12,17H,13-15H2,1-3H3,(H,24,26)/t17-/m0/s1. The summed E-state index contributed by atoms with van der Waals surface area (Å²) in [5, 5.41) is 2.71. The first-order valence-electron chi connectivity index (χ1n) is 9.79. The summed E-state index contributed by atoms with van der Waals surface area (Å²) in [6.45, 7) is 6.01. The molecule has 6 nitrogen and oxygen atoms in total. The molecule has 0 spiro atoms. The van der Waals surface area contributed by atoms with Crippen LogP contribution in [0.5, 0.6) is 0 Å². The summed E-state index contributed by atoms with van der Waals surface area (Å²) in [5.74, 6) is -0.534. The van der Waals surface area contributed by atoms with Gasteiger partial charge in [-0.1, -0.05) is 55.0 Å². The van der Waals surface area contributed by atoms with E-state index in [4.69, 9.17) is 4.42 Å². The van der Waals surface area contributed by atoms with Crippen LogP contribution in [0.4, 0.5) is 0 Å². The lowest BCUT2D eigenvalue weighted by molar-refractivity contribution is -0.118. The molecule has 3 rings (SSSR count). The van der Waals surface area contributed by atoms with Crippen molar-refractivity contribution in [3.05, 3.63) is 77.2 Å². The number of aryl methyl sites for hydroxylation is 2. The molecule has 0 saturated heterocycles.